The molecule has 1 aromatic carbocycles. The molecule has 0 spiro atoms. The minimum absolute atomic E-state index is 0.189. The van der Waals surface area contributed by atoms with E-state index in [1.807, 2.05) is 37.3 Å². The van der Waals surface area contributed by atoms with Crippen LogP contribution in [0, 0.1) is 6.92 Å². The van der Waals surface area contributed by atoms with Crippen molar-refractivity contribution in [3.05, 3.63) is 64.6 Å². The van der Waals surface area contributed by atoms with E-state index in [9.17, 15) is 9.00 Å². The molecule has 0 saturated carbocycles. The molecule has 0 heterocycles. The summed E-state index contributed by atoms with van der Waals surface area (Å²) in [7, 11) is -1.22. The van der Waals surface area contributed by atoms with E-state index >= 15 is 0 Å². The van der Waals surface area contributed by atoms with Crippen LogP contribution in [-0.4, -0.2) is 9.99 Å². The van der Waals surface area contributed by atoms with Crippen LogP contribution in [0.4, 0.5) is 0 Å². The highest BCUT2D eigenvalue weighted by Gasteiger charge is 2.20. The quantitative estimate of drug-likeness (QED) is 0.551. The maximum atomic E-state index is 13.3. The Morgan fingerprint density at radius 1 is 1.24 bits per heavy atom. The lowest BCUT2D eigenvalue weighted by molar-refractivity contribution is -0.115. The second-order valence-corrected chi connectivity index (χ2v) is 8.07. The van der Waals surface area contributed by atoms with Gasteiger partial charge in [0.2, 0.25) is 0 Å². The summed E-state index contributed by atoms with van der Waals surface area (Å²) in [5.41, 5.74) is 3.36. The van der Waals surface area contributed by atoms with E-state index in [4.69, 9.17) is 0 Å². The molecular weight excluding hydrogens is 328 g/mol. The monoisotopic (exact) mass is 356 g/mol. The van der Waals surface area contributed by atoms with Crippen molar-refractivity contribution in [1.29, 1.82) is 0 Å². The summed E-state index contributed by atoms with van der Waals surface area (Å²) in [6.07, 6.45) is 9.58. The Balaban J connectivity index is 2.50. The van der Waals surface area contributed by atoms with E-state index in [-0.39, 0.29) is 5.78 Å². The highest BCUT2D eigenvalue weighted by Crippen LogP contribution is 2.33. The van der Waals surface area contributed by atoms with E-state index in [0.717, 1.165) is 58.6 Å². The van der Waals surface area contributed by atoms with Crippen LogP contribution in [0.15, 0.2) is 63.9 Å². The molecule has 0 N–H and O–H groups in total. The second kappa shape index (κ2) is 9.67. The first-order chi connectivity index (χ1) is 12.1. The molecule has 0 aromatic heterocycles. The zero-order valence-corrected chi connectivity index (χ0v) is 16.2. The first-order valence-corrected chi connectivity index (χ1v) is 10.3. The number of hydrogen-bond acceptors (Lipinski definition) is 2. The van der Waals surface area contributed by atoms with Gasteiger partial charge in [-0.05, 0) is 68.4 Å². The topological polar surface area (TPSA) is 34.1 Å². The molecule has 0 unspecified atom stereocenters. The maximum absolute atomic E-state index is 13.3. The second-order valence-electron chi connectivity index (χ2n) is 6.57. The smallest absolute Gasteiger partial charge is 0.155 e. The number of unbranched alkanes of at least 4 members (excludes halogenated alkanes) is 1. The number of rotatable bonds is 8. The van der Waals surface area contributed by atoms with Crippen molar-refractivity contribution in [3.8, 4) is 0 Å². The number of hydrogen-bond donors (Lipinski definition) is 0. The third-order valence-electron chi connectivity index (χ3n) is 4.50. The van der Waals surface area contributed by atoms with Gasteiger partial charge in [-0.15, -0.1) is 6.58 Å². The Morgan fingerprint density at radius 2 is 1.96 bits per heavy atom. The summed E-state index contributed by atoms with van der Waals surface area (Å²) in [5.74, 6) is 0.189. The predicted molar refractivity (Wildman–Crippen MR) is 106 cm³/mol. The lowest BCUT2D eigenvalue weighted by Crippen LogP contribution is -2.09. The molecule has 0 radical (unpaired) electrons. The van der Waals surface area contributed by atoms with E-state index < -0.39 is 10.8 Å². The Hall–Kier alpha value is -1.74. The molecule has 1 atom stereocenters. The van der Waals surface area contributed by atoms with Crippen molar-refractivity contribution >= 4 is 16.6 Å². The average molecular weight is 357 g/mol. The molecule has 3 heteroatoms. The summed E-state index contributed by atoms with van der Waals surface area (Å²) < 4.78 is 13.3. The summed E-state index contributed by atoms with van der Waals surface area (Å²) in [4.78, 5) is 13.6. The highest BCUT2D eigenvalue weighted by molar-refractivity contribution is 7.89. The molecule has 1 aromatic rings. The number of allylic oxidation sites excluding steroid dienone is 5. The van der Waals surface area contributed by atoms with Crippen LogP contribution in [0.5, 0.6) is 0 Å². The summed E-state index contributed by atoms with van der Waals surface area (Å²) >= 11 is 0. The highest BCUT2D eigenvalue weighted by atomic mass is 32.2. The van der Waals surface area contributed by atoms with Crippen LogP contribution in [0.1, 0.15) is 57.4 Å². The first kappa shape index (κ1) is 19.6. The summed E-state index contributed by atoms with van der Waals surface area (Å²) in [6.45, 7) is 8.04. The van der Waals surface area contributed by atoms with E-state index in [1.165, 1.54) is 0 Å². The molecule has 0 fully saturated rings. The normalized spacial score (nSPS) is 16.9. The van der Waals surface area contributed by atoms with Crippen LogP contribution < -0.4 is 0 Å². The van der Waals surface area contributed by atoms with Gasteiger partial charge in [-0.1, -0.05) is 37.1 Å². The third-order valence-corrected chi connectivity index (χ3v) is 6.06. The van der Waals surface area contributed by atoms with Crippen LogP contribution in [-0.2, 0) is 15.6 Å². The molecule has 0 aliphatic heterocycles. The molecule has 2 nitrogen and oxygen atoms in total. The summed E-state index contributed by atoms with van der Waals surface area (Å²) in [5, 5.41) is 0. The molecule has 134 valence electrons. The van der Waals surface area contributed by atoms with Gasteiger partial charge in [0.05, 0.1) is 10.8 Å². The van der Waals surface area contributed by atoms with Gasteiger partial charge in [0.1, 0.15) is 0 Å². The molecule has 2 rings (SSSR count). The third kappa shape index (κ3) is 5.37. The molecule has 1 aliphatic rings. The Morgan fingerprint density at radius 3 is 2.56 bits per heavy atom. The van der Waals surface area contributed by atoms with Crippen LogP contribution >= 0.6 is 0 Å². The van der Waals surface area contributed by atoms with Crippen LogP contribution in [0.2, 0.25) is 0 Å². The minimum atomic E-state index is -1.22. The summed E-state index contributed by atoms with van der Waals surface area (Å²) in [6, 6.07) is 7.86. The van der Waals surface area contributed by atoms with E-state index in [1.54, 1.807) is 6.08 Å². The number of carbonyl (C=O) groups is 1. The largest absolute Gasteiger partial charge is 0.295 e. The number of benzene rings is 1. The molecule has 0 saturated heterocycles. The lowest BCUT2D eigenvalue weighted by Gasteiger charge is -2.20. The van der Waals surface area contributed by atoms with E-state index in [2.05, 4.69) is 13.5 Å². The van der Waals surface area contributed by atoms with Crippen molar-refractivity contribution in [1.82, 2.24) is 0 Å². The molecule has 0 bridgehead atoms. The van der Waals surface area contributed by atoms with Crippen molar-refractivity contribution in [2.24, 2.45) is 0 Å². The van der Waals surface area contributed by atoms with Gasteiger partial charge in [0, 0.05) is 16.2 Å². The predicted octanol–water partition coefficient (Wildman–Crippen LogP) is 5.80. The standard InChI is InChI=1S/C22H28O2S/c1-4-6-11-21(18-9-7-10-19(23)16-18)22(8-5-2)25(24)20-14-12-17(3)13-15-20/h5,12-16H,2,4,6-11H2,1,3H3/b22-21+/t25-/m0/s1. The van der Waals surface area contributed by atoms with Crippen LogP contribution in [0.3, 0.4) is 0 Å². The van der Waals surface area contributed by atoms with Gasteiger partial charge in [-0.3, -0.25) is 4.79 Å². The fraction of sp³-hybridized carbons (Fsp3) is 0.409. The Kier molecular flexibility index (Phi) is 7.57. The number of ketones is 1. The van der Waals surface area contributed by atoms with Gasteiger partial charge in [-0.2, -0.15) is 0 Å². The van der Waals surface area contributed by atoms with Gasteiger partial charge >= 0.3 is 0 Å². The van der Waals surface area contributed by atoms with Crippen molar-refractivity contribution in [3.63, 3.8) is 0 Å². The van der Waals surface area contributed by atoms with Gasteiger partial charge in [0.15, 0.2) is 5.78 Å². The van der Waals surface area contributed by atoms with E-state index in [0.29, 0.717) is 12.8 Å². The van der Waals surface area contributed by atoms with Crippen LogP contribution in [0.25, 0.3) is 0 Å². The fourth-order valence-electron chi connectivity index (χ4n) is 3.11. The minimum Gasteiger partial charge on any atom is -0.295 e. The Bertz CT molecular complexity index is 708. The zero-order chi connectivity index (χ0) is 18.2. The Labute approximate surface area is 154 Å². The van der Waals surface area contributed by atoms with Crippen molar-refractivity contribution in [2.45, 2.75) is 63.7 Å². The molecule has 0 amide bonds. The molecular formula is C22H28O2S. The van der Waals surface area contributed by atoms with Gasteiger partial charge < -0.3 is 0 Å². The fourth-order valence-corrected chi connectivity index (χ4v) is 4.50. The molecule has 25 heavy (non-hydrogen) atoms. The average Bonchev–Trinajstić information content (AvgIpc) is 2.61. The maximum Gasteiger partial charge on any atom is 0.155 e. The van der Waals surface area contributed by atoms with Gasteiger partial charge in [-0.25, -0.2) is 4.21 Å². The number of aryl methyl sites for hydroxylation is 1. The SMILES string of the molecule is C=CC/C(=C(/CCCC)C1=CC(=O)CCC1)[S@@](=O)c1ccc(C)cc1. The van der Waals surface area contributed by atoms with Crippen molar-refractivity contribution < 1.29 is 9.00 Å². The van der Waals surface area contributed by atoms with Crippen molar-refractivity contribution in [2.75, 3.05) is 0 Å². The lowest BCUT2D eigenvalue weighted by atomic mass is 9.89. The molecule has 1 aliphatic carbocycles. The van der Waals surface area contributed by atoms with Gasteiger partial charge in [0.25, 0.3) is 0 Å². The zero-order valence-electron chi connectivity index (χ0n) is 15.3. The number of carbonyl (C=O) groups excluding carboxylic acids is 1. The first-order valence-electron chi connectivity index (χ1n) is 9.12.